The summed E-state index contributed by atoms with van der Waals surface area (Å²) in [5.74, 6) is -0.355. The topological polar surface area (TPSA) is 46.2 Å². The van der Waals surface area contributed by atoms with Gasteiger partial charge < -0.3 is 5.32 Å². The molecule has 1 aliphatic carbocycles. The number of fused-ring (bicyclic) bond motifs is 1. The number of hydrogen-bond donors (Lipinski definition) is 1. The molecule has 1 unspecified atom stereocenters. The monoisotopic (exact) mass is 293 g/mol. The highest BCUT2D eigenvalue weighted by Crippen LogP contribution is 2.35. The van der Waals surface area contributed by atoms with Crippen LogP contribution in [0.1, 0.15) is 45.0 Å². The van der Waals surface area contributed by atoms with Crippen LogP contribution < -0.4 is 5.32 Å². The van der Waals surface area contributed by atoms with Crippen LogP contribution in [0.15, 0.2) is 42.5 Å². The molecule has 0 fully saturated rings. The van der Waals surface area contributed by atoms with E-state index in [1.54, 1.807) is 0 Å². The maximum atomic E-state index is 12.5. The normalized spacial score (nSPS) is 16.5. The van der Waals surface area contributed by atoms with Gasteiger partial charge in [-0.1, -0.05) is 42.5 Å². The Morgan fingerprint density at radius 2 is 1.82 bits per heavy atom. The van der Waals surface area contributed by atoms with Crippen molar-refractivity contribution < 1.29 is 9.59 Å². The molecule has 1 aliphatic rings. The van der Waals surface area contributed by atoms with E-state index in [9.17, 15) is 9.59 Å². The van der Waals surface area contributed by atoms with Gasteiger partial charge in [-0.05, 0) is 36.1 Å². The third kappa shape index (κ3) is 2.54. The van der Waals surface area contributed by atoms with Crippen LogP contribution in [0.25, 0.3) is 0 Å². The molecule has 0 heterocycles. The zero-order valence-electron chi connectivity index (χ0n) is 12.8. The van der Waals surface area contributed by atoms with Crippen molar-refractivity contribution in [3.05, 3.63) is 70.3 Å². The lowest BCUT2D eigenvalue weighted by atomic mass is 9.95. The van der Waals surface area contributed by atoms with Gasteiger partial charge in [0.15, 0.2) is 5.78 Å². The average Bonchev–Trinajstić information content (AvgIpc) is 2.85. The number of nitrogens with one attached hydrogen (secondary N) is 1. The fourth-order valence-electron chi connectivity index (χ4n) is 3.12. The second-order valence-electron chi connectivity index (χ2n) is 5.86. The SMILES string of the molecule is Cc1ccccc1CNC(=O)C1CC(=O)c2cccc(C)c21. The molecule has 22 heavy (non-hydrogen) atoms. The molecule has 3 rings (SSSR count). The van der Waals surface area contributed by atoms with Gasteiger partial charge in [-0.25, -0.2) is 0 Å². The highest BCUT2D eigenvalue weighted by molar-refractivity contribution is 6.07. The minimum absolute atomic E-state index is 0.0646. The van der Waals surface area contributed by atoms with Crippen molar-refractivity contribution in [1.29, 1.82) is 0 Å². The average molecular weight is 293 g/mol. The summed E-state index contributed by atoms with van der Waals surface area (Å²) in [4.78, 5) is 24.6. The van der Waals surface area contributed by atoms with Crippen LogP contribution in [0.4, 0.5) is 0 Å². The molecule has 0 saturated heterocycles. The number of carbonyl (C=O) groups is 2. The lowest BCUT2D eigenvalue weighted by molar-refractivity contribution is -0.122. The quantitative estimate of drug-likeness (QED) is 0.944. The number of Topliss-reactive ketones (excluding diaryl/α,β-unsaturated/α-hetero) is 1. The standard InChI is InChI=1S/C19H19NO2/c1-12-6-3-4-8-14(12)11-20-19(22)16-10-17(21)15-9-5-7-13(2)18(15)16/h3-9,16H,10-11H2,1-2H3,(H,20,22). The van der Waals surface area contributed by atoms with Crippen molar-refractivity contribution in [2.24, 2.45) is 0 Å². The molecule has 0 saturated carbocycles. The first-order chi connectivity index (χ1) is 10.6. The molecule has 0 bridgehead atoms. The Balaban J connectivity index is 1.78. The lowest BCUT2D eigenvalue weighted by Gasteiger charge is -2.14. The molecular weight excluding hydrogens is 274 g/mol. The summed E-state index contributed by atoms with van der Waals surface area (Å²) in [6.45, 7) is 4.48. The van der Waals surface area contributed by atoms with Crippen LogP contribution in [0.3, 0.4) is 0 Å². The first kappa shape index (κ1) is 14.5. The summed E-state index contributed by atoms with van der Waals surface area (Å²) < 4.78 is 0. The van der Waals surface area contributed by atoms with E-state index >= 15 is 0 Å². The Morgan fingerprint density at radius 1 is 1.09 bits per heavy atom. The van der Waals surface area contributed by atoms with Gasteiger partial charge in [0.05, 0.1) is 5.92 Å². The number of amides is 1. The van der Waals surface area contributed by atoms with E-state index in [1.165, 1.54) is 0 Å². The second-order valence-corrected chi connectivity index (χ2v) is 5.86. The molecule has 3 nitrogen and oxygen atoms in total. The number of carbonyl (C=O) groups excluding carboxylic acids is 2. The Labute approximate surface area is 130 Å². The van der Waals surface area contributed by atoms with Crippen molar-refractivity contribution in [3.63, 3.8) is 0 Å². The van der Waals surface area contributed by atoms with Crippen molar-refractivity contribution in [2.45, 2.75) is 32.7 Å². The van der Waals surface area contributed by atoms with Gasteiger partial charge in [-0.15, -0.1) is 0 Å². The van der Waals surface area contributed by atoms with Crippen LogP contribution >= 0.6 is 0 Å². The van der Waals surface area contributed by atoms with Crippen molar-refractivity contribution >= 4 is 11.7 Å². The fraction of sp³-hybridized carbons (Fsp3) is 0.263. The third-order valence-corrected chi connectivity index (χ3v) is 4.39. The predicted molar refractivity (Wildman–Crippen MR) is 85.9 cm³/mol. The minimum atomic E-state index is -0.354. The summed E-state index contributed by atoms with van der Waals surface area (Å²) >= 11 is 0. The zero-order valence-corrected chi connectivity index (χ0v) is 12.8. The van der Waals surface area contributed by atoms with Crippen molar-refractivity contribution in [2.75, 3.05) is 0 Å². The van der Waals surface area contributed by atoms with E-state index in [1.807, 2.05) is 56.3 Å². The van der Waals surface area contributed by atoms with Gasteiger partial charge >= 0.3 is 0 Å². The molecule has 3 heteroatoms. The van der Waals surface area contributed by atoms with Gasteiger partial charge in [-0.2, -0.15) is 0 Å². The van der Waals surface area contributed by atoms with E-state index in [0.717, 1.165) is 22.3 Å². The Kier molecular flexibility index (Phi) is 3.80. The van der Waals surface area contributed by atoms with Crippen LogP contribution in [0.2, 0.25) is 0 Å². The van der Waals surface area contributed by atoms with Crippen LogP contribution in [-0.2, 0) is 11.3 Å². The molecule has 2 aromatic rings. The molecule has 112 valence electrons. The number of aryl methyl sites for hydroxylation is 2. The van der Waals surface area contributed by atoms with E-state index in [-0.39, 0.29) is 24.0 Å². The van der Waals surface area contributed by atoms with Gasteiger partial charge in [-0.3, -0.25) is 9.59 Å². The largest absolute Gasteiger partial charge is 0.351 e. The van der Waals surface area contributed by atoms with Crippen molar-refractivity contribution in [1.82, 2.24) is 5.32 Å². The molecular formula is C19H19NO2. The van der Waals surface area contributed by atoms with Crippen LogP contribution in [0, 0.1) is 13.8 Å². The summed E-state index contributed by atoms with van der Waals surface area (Å²) in [7, 11) is 0. The lowest BCUT2D eigenvalue weighted by Crippen LogP contribution is -2.28. The summed E-state index contributed by atoms with van der Waals surface area (Å²) in [5.41, 5.74) is 4.87. The zero-order chi connectivity index (χ0) is 15.7. The third-order valence-electron chi connectivity index (χ3n) is 4.39. The second kappa shape index (κ2) is 5.76. The summed E-state index contributed by atoms with van der Waals surface area (Å²) in [5, 5.41) is 2.98. The van der Waals surface area contributed by atoms with Gasteiger partial charge in [0, 0.05) is 18.5 Å². The first-order valence-corrected chi connectivity index (χ1v) is 7.53. The number of rotatable bonds is 3. The number of benzene rings is 2. The van der Waals surface area contributed by atoms with Gasteiger partial charge in [0.2, 0.25) is 5.91 Å². The Morgan fingerprint density at radius 3 is 2.59 bits per heavy atom. The number of ketones is 1. The fourth-order valence-corrected chi connectivity index (χ4v) is 3.12. The minimum Gasteiger partial charge on any atom is -0.351 e. The van der Waals surface area contributed by atoms with Crippen LogP contribution in [-0.4, -0.2) is 11.7 Å². The molecule has 1 N–H and O–H groups in total. The Bertz CT molecular complexity index is 749. The van der Waals surface area contributed by atoms with E-state index < -0.39 is 0 Å². The highest BCUT2D eigenvalue weighted by Gasteiger charge is 2.35. The van der Waals surface area contributed by atoms with Crippen LogP contribution in [0.5, 0.6) is 0 Å². The highest BCUT2D eigenvalue weighted by atomic mass is 16.2. The molecule has 2 aromatic carbocycles. The predicted octanol–water partition coefficient (Wildman–Crippen LogP) is 3.29. The maximum Gasteiger partial charge on any atom is 0.228 e. The summed E-state index contributed by atoms with van der Waals surface area (Å²) in [6, 6.07) is 13.6. The molecule has 0 spiro atoms. The van der Waals surface area contributed by atoms with Gasteiger partial charge in [0.1, 0.15) is 0 Å². The smallest absolute Gasteiger partial charge is 0.228 e. The molecule has 1 amide bonds. The molecule has 0 radical (unpaired) electrons. The van der Waals surface area contributed by atoms with Gasteiger partial charge in [0.25, 0.3) is 0 Å². The molecule has 0 aliphatic heterocycles. The summed E-state index contributed by atoms with van der Waals surface area (Å²) in [6.07, 6.45) is 0.278. The molecule has 0 aromatic heterocycles. The first-order valence-electron chi connectivity index (χ1n) is 7.53. The maximum absolute atomic E-state index is 12.5. The van der Waals surface area contributed by atoms with E-state index in [0.29, 0.717) is 12.1 Å². The van der Waals surface area contributed by atoms with E-state index in [4.69, 9.17) is 0 Å². The number of hydrogen-bond acceptors (Lipinski definition) is 2. The molecule has 1 atom stereocenters. The van der Waals surface area contributed by atoms with Crippen molar-refractivity contribution in [3.8, 4) is 0 Å². The van der Waals surface area contributed by atoms with E-state index in [2.05, 4.69) is 5.32 Å². The Hall–Kier alpha value is -2.42.